The first-order chi connectivity index (χ1) is 19.8. The van der Waals surface area contributed by atoms with E-state index in [-0.39, 0.29) is 34.7 Å². The maximum atomic E-state index is 15.5. The van der Waals surface area contributed by atoms with Crippen LogP contribution in [0.5, 0.6) is 5.75 Å². The van der Waals surface area contributed by atoms with Gasteiger partial charge in [0, 0.05) is 29.2 Å². The van der Waals surface area contributed by atoms with E-state index in [1.807, 2.05) is 30.3 Å². The zero-order valence-corrected chi connectivity index (χ0v) is 22.8. The number of carbonyl (C=O) groups is 2. The first-order valence-electron chi connectivity index (χ1n) is 13.7. The molecule has 4 nitrogen and oxygen atoms in total. The van der Waals surface area contributed by atoms with E-state index in [9.17, 15) is 14.0 Å². The third-order valence-electron chi connectivity index (χ3n) is 8.03. The van der Waals surface area contributed by atoms with Crippen LogP contribution in [0.3, 0.4) is 0 Å². The molecule has 0 amide bonds. The zero-order chi connectivity index (χ0) is 28.7. The number of methoxy groups -OCH3 is 1. The van der Waals surface area contributed by atoms with E-state index >= 15 is 4.39 Å². The molecule has 0 atom stereocenters. The van der Waals surface area contributed by atoms with Crippen molar-refractivity contribution in [3.05, 3.63) is 113 Å². The monoisotopic (exact) mass is 550 g/mol. The largest absolute Gasteiger partial charge is 0.495 e. The summed E-state index contributed by atoms with van der Waals surface area (Å²) in [6.07, 6.45) is 2.36. The molecule has 41 heavy (non-hydrogen) atoms. The Hall–Kier alpha value is -4.58. The highest BCUT2D eigenvalue weighted by atomic mass is 19.1. The second-order valence-corrected chi connectivity index (χ2v) is 10.6. The lowest BCUT2D eigenvalue weighted by atomic mass is 9.87. The molecular formula is C35H28F2O4. The topological polar surface area (TPSA) is 56.5 Å². The van der Waals surface area contributed by atoms with Crippen molar-refractivity contribution >= 4 is 22.5 Å². The fourth-order valence-corrected chi connectivity index (χ4v) is 5.68. The number of carbonyl (C=O) groups excluding carboxylic acids is 2. The van der Waals surface area contributed by atoms with E-state index in [1.54, 1.807) is 37.3 Å². The summed E-state index contributed by atoms with van der Waals surface area (Å²) in [4.78, 5) is 26.7. The minimum absolute atomic E-state index is 0.116. The molecule has 206 valence electrons. The van der Waals surface area contributed by atoms with Crippen molar-refractivity contribution in [1.82, 2.24) is 0 Å². The molecule has 1 heterocycles. The minimum Gasteiger partial charge on any atom is -0.495 e. The maximum Gasteiger partial charge on any atom is 0.167 e. The van der Waals surface area contributed by atoms with Gasteiger partial charge in [-0.1, -0.05) is 43.3 Å². The second-order valence-electron chi connectivity index (χ2n) is 10.6. The molecule has 5 aromatic rings. The molecule has 0 spiro atoms. The van der Waals surface area contributed by atoms with Crippen molar-refractivity contribution in [2.45, 2.75) is 38.0 Å². The Kier molecular flexibility index (Phi) is 6.78. The van der Waals surface area contributed by atoms with Crippen LogP contribution in [0.2, 0.25) is 0 Å². The fourth-order valence-electron chi connectivity index (χ4n) is 5.68. The summed E-state index contributed by atoms with van der Waals surface area (Å²) in [5, 5.41) is 0.507. The number of fused-ring (bicyclic) bond motifs is 1. The summed E-state index contributed by atoms with van der Waals surface area (Å²) in [6.45, 7) is 1.75. The molecule has 1 aromatic heterocycles. The van der Waals surface area contributed by atoms with Gasteiger partial charge in [0.05, 0.1) is 23.8 Å². The number of ketones is 2. The molecule has 1 fully saturated rings. The molecule has 6 rings (SSSR count). The van der Waals surface area contributed by atoms with Crippen molar-refractivity contribution in [2.24, 2.45) is 0 Å². The van der Waals surface area contributed by atoms with Crippen LogP contribution < -0.4 is 4.74 Å². The third kappa shape index (κ3) is 4.73. The van der Waals surface area contributed by atoms with Crippen molar-refractivity contribution in [3.63, 3.8) is 0 Å². The minimum atomic E-state index is -0.549. The summed E-state index contributed by atoms with van der Waals surface area (Å²) in [7, 11) is 1.42. The van der Waals surface area contributed by atoms with Crippen molar-refractivity contribution < 1.29 is 27.5 Å². The Morgan fingerprint density at radius 2 is 1.59 bits per heavy atom. The molecule has 6 heteroatoms. The summed E-state index contributed by atoms with van der Waals surface area (Å²) >= 11 is 0. The summed E-state index contributed by atoms with van der Waals surface area (Å²) in [5.41, 5.74) is 3.17. The molecule has 0 aliphatic heterocycles. The van der Waals surface area contributed by atoms with Gasteiger partial charge in [-0.15, -0.1) is 0 Å². The van der Waals surface area contributed by atoms with Gasteiger partial charge in [-0.3, -0.25) is 9.59 Å². The van der Waals surface area contributed by atoms with Crippen LogP contribution >= 0.6 is 0 Å². The van der Waals surface area contributed by atoms with Gasteiger partial charge < -0.3 is 9.15 Å². The normalized spacial score (nSPS) is 13.8. The van der Waals surface area contributed by atoms with E-state index in [0.717, 1.165) is 18.4 Å². The van der Waals surface area contributed by atoms with Gasteiger partial charge in [0.2, 0.25) is 0 Å². The Morgan fingerprint density at radius 3 is 2.24 bits per heavy atom. The third-order valence-corrected chi connectivity index (χ3v) is 8.03. The number of hydrogen-bond donors (Lipinski definition) is 0. The number of ether oxygens (including phenoxy) is 1. The molecule has 1 aliphatic carbocycles. The summed E-state index contributed by atoms with van der Waals surface area (Å²) in [5.74, 6) is -0.738. The van der Waals surface area contributed by atoms with Crippen LogP contribution in [0, 0.1) is 11.6 Å². The van der Waals surface area contributed by atoms with E-state index in [4.69, 9.17) is 9.15 Å². The average Bonchev–Trinajstić information content (AvgIpc) is 3.68. The molecule has 4 aromatic carbocycles. The number of rotatable bonds is 9. The lowest BCUT2D eigenvalue weighted by Gasteiger charge is -2.18. The van der Waals surface area contributed by atoms with E-state index in [0.29, 0.717) is 45.4 Å². The molecule has 0 bridgehead atoms. The summed E-state index contributed by atoms with van der Waals surface area (Å²) in [6, 6.07) is 23.5. The number of furan rings is 1. The van der Waals surface area contributed by atoms with Gasteiger partial charge in [-0.2, -0.15) is 0 Å². The van der Waals surface area contributed by atoms with Gasteiger partial charge in [0.1, 0.15) is 28.7 Å². The van der Waals surface area contributed by atoms with Crippen LogP contribution in [0.15, 0.2) is 89.3 Å². The van der Waals surface area contributed by atoms with Crippen LogP contribution in [0.4, 0.5) is 8.78 Å². The average molecular weight is 551 g/mol. The highest BCUT2D eigenvalue weighted by Crippen LogP contribution is 2.52. The van der Waals surface area contributed by atoms with Crippen LogP contribution in [-0.2, 0) is 5.41 Å². The predicted molar refractivity (Wildman–Crippen MR) is 154 cm³/mol. The van der Waals surface area contributed by atoms with Crippen molar-refractivity contribution in [1.29, 1.82) is 0 Å². The fraction of sp³-hybridized carbons (Fsp3) is 0.200. The molecule has 1 aliphatic rings. The lowest BCUT2D eigenvalue weighted by Crippen LogP contribution is -2.15. The van der Waals surface area contributed by atoms with Crippen LogP contribution in [-0.4, -0.2) is 18.7 Å². The number of Topliss-reactive ketones (excluding diaryl/α,β-unsaturated/α-hetero) is 2. The van der Waals surface area contributed by atoms with E-state index in [2.05, 4.69) is 0 Å². The summed E-state index contributed by atoms with van der Waals surface area (Å²) < 4.78 is 40.8. The van der Waals surface area contributed by atoms with Crippen LogP contribution in [0.25, 0.3) is 33.4 Å². The maximum absolute atomic E-state index is 15.5. The first-order valence-corrected chi connectivity index (χ1v) is 13.7. The van der Waals surface area contributed by atoms with Gasteiger partial charge in [0.25, 0.3) is 0 Å². The molecule has 0 N–H and O–H groups in total. The van der Waals surface area contributed by atoms with Gasteiger partial charge in [-0.25, -0.2) is 8.78 Å². The van der Waals surface area contributed by atoms with Crippen LogP contribution in [0.1, 0.15) is 58.9 Å². The lowest BCUT2D eigenvalue weighted by molar-refractivity contribution is 0.0964. The molecule has 0 radical (unpaired) electrons. The highest BCUT2D eigenvalue weighted by molar-refractivity contribution is 6.13. The van der Waals surface area contributed by atoms with Crippen molar-refractivity contribution in [3.8, 4) is 28.2 Å². The van der Waals surface area contributed by atoms with Crippen molar-refractivity contribution in [2.75, 3.05) is 7.11 Å². The van der Waals surface area contributed by atoms with Gasteiger partial charge >= 0.3 is 0 Å². The Labute approximate surface area is 236 Å². The second kappa shape index (κ2) is 10.4. The van der Waals surface area contributed by atoms with Gasteiger partial charge in [-0.05, 0) is 72.5 Å². The quantitative estimate of drug-likeness (QED) is 0.172. The Morgan fingerprint density at radius 1 is 0.878 bits per heavy atom. The SMILES string of the molecule is CCC(=O)c1c(-c2ccc(F)cc2)oc2ccc(-c3c(F)ccc(C(=O)CC4(c5ccccc5)CC4)c3OC)cc12. The smallest absolute Gasteiger partial charge is 0.167 e. The van der Waals surface area contributed by atoms with E-state index in [1.165, 1.54) is 31.4 Å². The number of hydrogen-bond acceptors (Lipinski definition) is 4. The Bertz CT molecular complexity index is 1780. The molecule has 1 saturated carbocycles. The molecule has 0 saturated heterocycles. The number of halogens is 2. The first kappa shape index (κ1) is 26.6. The molecule has 0 unspecified atom stereocenters. The number of benzene rings is 4. The Balaban J connectivity index is 1.45. The standard InChI is InChI=1S/C35H28F2O4/c1-3-28(38)32-26-19-22(11-16-30(26)41-33(32)21-9-12-24(36)13-10-21)31-27(37)15-14-25(34(31)40-2)29(39)20-35(17-18-35)23-7-5-4-6-8-23/h4-16,19H,3,17-18,20H2,1-2H3. The van der Waals surface area contributed by atoms with E-state index < -0.39 is 11.6 Å². The highest BCUT2D eigenvalue weighted by Gasteiger charge is 2.46. The predicted octanol–water partition coefficient (Wildman–Crippen LogP) is 8.95. The van der Waals surface area contributed by atoms with Gasteiger partial charge in [0.15, 0.2) is 11.6 Å². The zero-order valence-electron chi connectivity index (χ0n) is 22.8. The molecular weight excluding hydrogens is 522 g/mol.